The summed E-state index contributed by atoms with van der Waals surface area (Å²) in [6.45, 7) is 4.39. The maximum absolute atomic E-state index is 12.8. The van der Waals surface area contributed by atoms with Crippen molar-refractivity contribution in [1.29, 1.82) is 0 Å². The van der Waals surface area contributed by atoms with E-state index in [2.05, 4.69) is 49.3 Å². The molecule has 2 heterocycles. The number of Topliss-reactive ketones (excluding diaryl/α,β-unsaturated/α-hetero) is 1. The fourth-order valence-corrected chi connectivity index (χ4v) is 4.90. The second-order valence-electron chi connectivity index (χ2n) is 7.73. The number of hydrogen-bond acceptors (Lipinski definition) is 4. The van der Waals surface area contributed by atoms with E-state index in [0.717, 1.165) is 33.0 Å². The minimum absolute atomic E-state index is 0.173. The van der Waals surface area contributed by atoms with Crippen molar-refractivity contribution in [2.24, 2.45) is 0 Å². The molecule has 0 unspecified atom stereocenters. The lowest BCUT2D eigenvalue weighted by molar-refractivity contribution is 0.0963. The molecule has 1 atom stereocenters. The molecule has 5 heteroatoms. The molecule has 4 aromatic rings. The van der Waals surface area contributed by atoms with Crippen molar-refractivity contribution < 1.29 is 4.79 Å². The number of rotatable bonds is 3. The number of nitrogens with zero attached hydrogens (tertiary/aromatic N) is 3. The van der Waals surface area contributed by atoms with Crippen LogP contribution in [0.3, 0.4) is 0 Å². The Morgan fingerprint density at radius 2 is 1.86 bits per heavy atom. The van der Waals surface area contributed by atoms with Gasteiger partial charge >= 0.3 is 0 Å². The van der Waals surface area contributed by atoms with Crippen molar-refractivity contribution in [3.8, 4) is 5.13 Å². The predicted molar refractivity (Wildman–Crippen MR) is 113 cm³/mol. The van der Waals surface area contributed by atoms with Gasteiger partial charge in [0.25, 0.3) is 0 Å². The quantitative estimate of drug-likeness (QED) is 0.465. The first-order valence-electron chi connectivity index (χ1n) is 9.66. The number of ketones is 1. The number of thiazole rings is 1. The second-order valence-corrected chi connectivity index (χ2v) is 8.74. The summed E-state index contributed by atoms with van der Waals surface area (Å²) in [5.74, 6) is 0.867. The van der Waals surface area contributed by atoms with Crippen LogP contribution in [-0.2, 0) is 6.42 Å². The van der Waals surface area contributed by atoms with Gasteiger partial charge in [-0.15, -0.1) is 0 Å². The Hall–Kier alpha value is -2.79. The summed E-state index contributed by atoms with van der Waals surface area (Å²) < 4.78 is 3.00. The van der Waals surface area contributed by atoms with E-state index in [4.69, 9.17) is 4.98 Å². The van der Waals surface area contributed by atoms with Crippen LogP contribution in [0.2, 0.25) is 0 Å². The average Bonchev–Trinajstić information content (AvgIpc) is 3.32. The number of hydrogen-bond donors (Lipinski definition) is 0. The molecule has 0 saturated heterocycles. The number of para-hydroxylation sites is 1. The predicted octanol–water partition coefficient (Wildman–Crippen LogP) is 5.52. The maximum atomic E-state index is 12.8. The highest BCUT2D eigenvalue weighted by molar-refractivity contribution is 7.20. The van der Waals surface area contributed by atoms with Crippen molar-refractivity contribution in [2.45, 2.75) is 38.5 Å². The lowest BCUT2D eigenvalue weighted by atomic mass is 9.82. The molecule has 0 amide bonds. The fraction of sp³-hybridized carbons (Fsp3) is 0.261. The van der Waals surface area contributed by atoms with Crippen LogP contribution >= 0.6 is 11.3 Å². The number of aromatic nitrogens is 3. The minimum atomic E-state index is 0.173. The Balaban J connectivity index is 1.52. The lowest BCUT2D eigenvalue weighted by Crippen LogP contribution is -2.20. The maximum Gasteiger partial charge on any atom is 0.211 e. The summed E-state index contributed by atoms with van der Waals surface area (Å²) >= 11 is 1.61. The third-order valence-corrected chi connectivity index (χ3v) is 6.59. The van der Waals surface area contributed by atoms with Crippen LogP contribution in [0.5, 0.6) is 0 Å². The van der Waals surface area contributed by atoms with E-state index in [1.807, 2.05) is 22.9 Å². The van der Waals surface area contributed by atoms with Crippen LogP contribution in [0.4, 0.5) is 0 Å². The second kappa shape index (κ2) is 6.67. The Morgan fingerprint density at radius 1 is 1.07 bits per heavy atom. The summed E-state index contributed by atoms with van der Waals surface area (Å²) in [7, 11) is 0. The van der Waals surface area contributed by atoms with Gasteiger partial charge in [-0.1, -0.05) is 61.6 Å². The van der Waals surface area contributed by atoms with Gasteiger partial charge in [-0.25, -0.2) is 9.67 Å². The molecule has 4 nitrogen and oxygen atoms in total. The van der Waals surface area contributed by atoms with Gasteiger partial charge in [0.2, 0.25) is 5.13 Å². The zero-order valence-corrected chi connectivity index (χ0v) is 16.7. The monoisotopic (exact) mass is 387 g/mol. The summed E-state index contributed by atoms with van der Waals surface area (Å²) in [5.41, 5.74) is 5.24. The Morgan fingerprint density at radius 3 is 2.61 bits per heavy atom. The Kier molecular flexibility index (Phi) is 4.13. The molecule has 0 spiro atoms. The molecule has 0 saturated carbocycles. The molecule has 140 valence electrons. The van der Waals surface area contributed by atoms with Crippen LogP contribution in [0.1, 0.15) is 59.3 Å². The molecular formula is C23H21N3OS. The Labute approximate surface area is 167 Å². The topological polar surface area (TPSA) is 47.8 Å². The zero-order chi connectivity index (χ0) is 19.3. The van der Waals surface area contributed by atoms with E-state index in [0.29, 0.717) is 12.3 Å². The summed E-state index contributed by atoms with van der Waals surface area (Å²) in [6.07, 6.45) is 3.05. The molecule has 0 fully saturated rings. The molecule has 1 aliphatic carbocycles. The normalized spacial score (nSPS) is 16.7. The number of benzene rings is 2. The first-order chi connectivity index (χ1) is 13.6. The first-order valence-corrected chi connectivity index (χ1v) is 10.5. The van der Waals surface area contributed by atoms with Crippen LogP contribution in [-0.4, -0.2) is 20.5 Å². The van der Waals surface area contributed by atoms with E-state index in [1.165, 1.54) is 11.1 Å². The van der Waals surface area contributed by atoms with Crippen LogP contribution in [0.25, 0.3) is 15.3 Å². The first kappa shape index (κ1) is 17.3. The van der Waals surface area contributed by atoms with Crippen molar-refractivity contribution in [3.05, 3.63) is 77.1 Å². The highest BCUT2D eigenvalue weighted by Crippen LogP contribution is 2.35. The van der Waals surface area contributed by atoms with Crippen LogP contribution in [0.15, 0.2) is 54.7 Å². The van der Waals surface area contributed by atoms with E-state index < -0.39 is 0 Å². The number of carbonyl (C=O) groups excluding carboxylic acids is 1. The molecule has 0 N–H and O–H groups in total. The SMILES string of the molecule is CC(C)c1ccc([C@@H]2CC(=O)c3cnn(-c4nc5ccccc5s4)c3C2)cc1. The van der Waals surface area contributed by atoms with Gasteiger partial charge in [-0.05, 0) is 41.5 Å². The summed E-state index contributed by atoms with van der Waals surface area (Å²) in [5, 5.41) is 5.35. The minimum Gasteiger partial charge on any atom is -0.294 e. The van der Waals surface area contributed by atoms with Crippen LogP contribution in [0, 0.1) is 0 Å². The largest absolute Gasteiger partial charge is 0.294 e. The van der Waals surface area contributed by atoms with Gasteiger partial charge in [0.15, 0.2) is 5.78 Å². The van der Waals surface area contributed by atoms with Crippen LogP contribution < -0.4 is 0 Å². The highest BCUT2D eigenvalue weighted by atomic mass is 32.1. The van der Waals surface area contributed by atoms with E-state index in [9.17, 15) is 4.79 Å². The molecule has 2 aromatic heterocycles. The molecule has 0 bridgehead atoms. The molecule has 28 heavy (non-hydrogen) atoms. The van der Waals surface area contributed by atoms with Gasteiger partial charge in [0, 0.05) is 6.42 Å². The van der Waals surface area contributed by atoms with Crippen molar-refractivity contribution in [3.63, 3.8) is 0 Å². The third kappa shape index (κ3) is 2.87. The standard InChI is InChI=1S/C23H21N3OS/c1-14(2)15-7-9-16(10-8-15)17-11-20-18(21(27)12-17)13-24-26(20)23-25-19-5-3-4-6-22(19)28-23/h3-10,13-14,17H,11-12H2,1-2H3/t17-/m0/s1. The summed E-state index contributed by atoms with van der Waals surface area (Å²) in [4.78, 5) is 17.5. The van der Waals surface area contributed by atoms with E-state index in [1.54, 1.807) is 17.5 Å². The van der Waals surface area contributed by atoms with Gasteiger partial charge in [0.05, 0.1) is 27.7 Å². The molecule has 1 aliphatic rings. The van der Waals surface area contributed by atoms with Crippen molar-refractivity contribution in [2.75, 3.05) is 0 Å². The third-order valence-electron chi connectivity index (χ3n) is 5.58. The van der Waals surface area contributed by atoms with Gasteiger partial charge < -0.3 is 0 Å². The smallest absolute Gasteiger partial charge is 0.211 e. The zero-order valence-electron chi connectivity index (χ0n) is 15.9. The number of carbonyl (C=O) groups is 1. The van der Waals surface area contributed by atoms with Crippen molar-refractivity contribution in [1.82, 2.24) is 14.8 Å². The summed E-state index contributed by atoms with van der Waals surface area (Å²) in [6, 6.07) is 16.8. The molecule has 2 aromatic carbocycles. The molecule has 0 aliphatic heterocycles. The average molecular weight is 388 g/mol. The van der Waals surface area contributed by atoms with Gasteiger partial charge in [-0.2, -0.15) is 5.10 Å². The van der Waals surface area contributed by atoms with Gasteiger partial charge in [0.1, 0.15) is 0 Å². The Bertz CT molecular complexity index is 1140. The highest BCUT2D eigenvalue weighted by Gasteiger charge is 2.30. The van der Waals surface area contributed by atoms with Crippen molar-refractivity contribution >= 4 is 27.3 Å². The number of fused-ring (bicyclic) bond motifs is 2. The molecule has 5 rings (SSSR count). The van der Waals surface area contributed by atoms with E-state index >= 15 is 0 Å². The molecular weight excluding hydrogens is 366 g/mol. The molecule has 0 radical (unpaired) electrons. The lowest BCUT2D eigenvalue weighted by Gasteiger charge is -2.23. The van der Waals surface area contributed by atoms with E-state index in [-0.39, 0.29) is 11.7 Å². The fourth-order valence-electron chi connectivity index (χ4n) is 3.95. The van der Waals surface area contributed by atoms with Gasteiger partial charge in [-0.3, -0.25) is 4.79 Å².